The van der Waals surface area contributed by atoms with Gasteiger partial charge in [0.15, 0.2) is 0 Å². The molecule has 10 nitrogen and oxygen atoms in total. The molecule has 46 heavy (non-hydrogen) atoms. The van der Waals surface area contributed by atoms with Crippen molar-refractivity contribution in [1.82, 2.24) is 10.6 Å². The van der Waals surface area contributed by atoms with Gasteiger partial charge in [0.25, 0.3) is 16.0 Å². The molecule has 258 valence electrons. The zero-order valence-corrected chi connectivity index (χ0v) is 26.2. The van der Waals surface area contributed by atoms with Crippen LogP contribution in [0.3, 0.4) is 0 Å². The van der Waals surface area contributed by atoms with Gasteiger partial charge in [-0.3, -0.25) is 8.98 Å². The Labute approximate surface area is 262 Å². The van der Waals surface area contributed by atoms with Gasteiger partial charge in [0.1, 0.15) is 18.0 Å². The molecule has 0 saturated heterocycles. The van der Waals surface area contributed by atoms with E-state index in [1.807, 2.05) is 0 Å². The molecule has 0 atom stereocenters. The quantitative estimate of drug-likeness (QED) is 0.126. The Hall–Kier alpha value is -3.57. The molecule has 0 spiro atoms. The topological polar surface area (TPSA) is 129 Å². The van der Waals surface area contributed by atoms with Gasteiger partial charge in [-0.2, -0.15) is 34.8 Å². The Morgan fingerprint density at radius 2 is 1.35 bits per heavy atom. The second kappa shape index (κ2) is 16.8. The van der Waals surface area contributed by atoms with Crippen molar-refractivity contribution < 1.29 is 62.7 Å². The largest absolute Gasteiger partial charge is 0.491 e. The molecule has 0 saturated carbocycles. The Morgan fingerprint density at radius 1 is 0.761 bits per heavy atom. The predicted octanol–water partition coefficient (Wildman–Crippen LogP) is 5.95. The van der Waals surface area contributed by atoms with Crippen molar-refractivity contribution >= 4 is 22.1 Å². The maximum Gasteiger partial charge on any atom is 0.416 e. The summed E-state index contributed by atoms with van der Waals surface area (Å²) in [6, 6.07) is 5.96. The number of halogens is 6. The fraction of sp³-hybridized carbons (Fsp3) is 0.517. The van der Waals surface area contributed by atoms with Crippen LogP contribution in [0.4, 0.5) is 31.1 Å². The van der Waals surface area contributed by atoms with Crippen LogP contribution in [-0.4, -0.2) is 65.5 Å². The Kier molecular flexibility index (Phi) is 14.1. The number of carbonyl (C=O) groups is 2. The van der Waals surface area contributed by atoms with Gasteiger partial charge >= 0.3 is 18.4 Å². The third-order valence-electron chi connectivity index (χ3n) is 5.72. The lowest BCUT2D eigenvalue weighted by Gasteiger charge is -2.19. The highest BCUT2D eigenvalue weighted by Crippen LogP contribution is 2.38. The summed E-state index contributed by atoms with van der Waals surface area (Å²) in [5.41, 5.74) is -3.57. The standard InChI is InChI=1S/C29H36F6N2O8S/c1-27(2,3)45-26(39)37-11-6-4-5-10-36-25(38)20-8-7-9-24(16-20)46(40,41)44-15-13-42-12-14-43-23-18-21(28(30,31)32)17-22(19-23)29(33,34)35/h7-9,16-19H,4-6,10-15H2,1-3H3,(H,36,38)(H,37,39). The Morgan fingerprint density at radius 3 is 1.93 bits per heavy atom. The minimum atomic E-state index is -5.02. The molecule has 0 aliphatic rings. The van der Waals surface area contributed by atoms with E-state index in [1.165, 1.54) is 18.2 Å². The lowest BCUT2D eigenvalue weighted by Crippen LogP contribution is -2.33. The van der Waals surface area contributed by atoms with E-state index in [0.717, 1.165) is 6.07 Å². The van der Waals surface area contributed by atoms with Crippen LogP contribution in [0.5, 0.6) is 5.75 Å². The van der Waals surface area contributed by atoms with Gasteiger partial charge in [-0.25, -0.2) is 4.79 Å². The van der Waals surface area contributed by atoms with E-state index in [-0.39, 0.29) is 29.7 Å². The highest BCUT2D eigenvalue weighted by Gasteiger charge is 2.37. The van der Waals surface area contributed by atoms with E-state index in [0.29, 0.717) is 44.5 Å². The summed E-state index contributed by atoms with van der Waals surface area (Å²) in [7, 11) is -4.29. The summed E-state index contributed by atoms with van der Waals surface area (Å²) in [5.74, 6) is -1.17. The first kappa shape index (κ1) is 38.6. The molecule has 17 heteroatoms. The minimum absolute atomic E-state index is 0.0256. The van der Waals surface area contributed by atoms with E-state index in [9.17, 15) is 44.3 Å². The molecule has 0 unspecified atom stereocenters. The second-order valence-corrected chi connectivity index (χ2v) is 12.4. The molecule has 2 aromatic carbocycles. The van der Waals surface area contributed by atoms with Crippen molar-refractivity contribution in [3.8, 4) is 5.75 Å². The number of nitrogens with one attached hydrogen (secondary N) is 2. The van der Waals surface area contributed by atoms with Crippen molar-refractivity contribution in [3.63, 3.8) is 0 Å². The smallest absolute Gasteiger partial charge is 0.416 e. The third-order valence-corrected chi connectivity index (χ3v) is 7.02. The summed E-state index contributed by atoms with van der Waals surface area (Å²) in [4.78, 5) is 23.8. The number of hydrogen-bond acceptors (Lipinski definition) is 8. The maximum absolute atomic E-state index is 13.0. The maximum atomic E-state index is 13.0. The van der Waals surface area contributed by atoms with Gasteiger partial charge in [-0.05, 0) is 76.4 Å². The number of carbonyl (C=O) groups excluding carboxylic acids is 2. The molecule has 0 radical (unpaired) electrons. The van der Waals surface area contributed by atoms with Gasteiger partial charge in [-0.1, -0.05) is 6.07 Å². The van der Waals surface area contributed by atoms with E-state index >= 15 is 0 Å². The number of ether oxygens (including phenoxy) is 3. The summed E-state index contributed by atoms with van der Waals surface area (Å²) in [6.45, 7) is 4.51. The molecule has 2 aromatic rings. The van der Waals surface area contributed by atoms with Crippen molar-refractivity contribution in [1.29, 1.82) is 0 Å². The van der Waals surface area contributed by atoms with Gasteiger partial charge in [0.2, 0.25) is 0 Å². The van der Waals surface area contributed by atoms with Gasteiger partial charge < -0.3 is 24.8 Å². The average molecular weight is 687 g/mol. The molecule has 0 aromatic heterocycles. The fourth-order valence-electron chi connectivity index (χ4n) is 3.63. The summed E-state index contributed by atoms with van der Waals surface area (Å²) in [5, 5.41) is 5.32. The molecular formula is C29H36F6N2O8S. The monoisotopic (exact) mass is 686 g/mol. The zero-order chi connectivity index (χ0) is 34.6. The molecule has 2 rings (SSSR count). The number of alkyl halides is 6. The summed E-state index contributed by atoms with van der Waals surface area (Å²) >= 11 is 0. The number of rotatable bonds is 16. The van der Waals surface area contributed by atoms with Crippen LogP contribution < -0.4 is 15.4 Å². The van der Waals surface area contributed by atoms with Crippen molar-refractivity contribution in [2.24, 2.45) is 0 Å². The van der Waals surface area contributed by atoms with Gasteiger partial charge in [-0.15, -0.1) is 0 Å². The normalized spacial score (nSPS) is 12.5. The number of unbranched alkanes of at least 4 members (excludes halogenated alkanes) is 2. The molecule has 0 fully saturated rings. The van der Waals surface area contributed by atoms with E-state index in [1.54, 1.807) is 20.8 Å². The number of alkyl carbamates (subject to hydrolysis) is 1. The van der Waals surface area contributed by atoms with Crippen LogP contribution in [0.1, 0.15) is 61.5 Å². The number of amides is 2. The summed E-state index contributed by atoms with van der Waals surface area (Å²) < 4.78 is 123. The number of hydrogen-bond donors (Lipinski definition) is 2. The minimum Gasteiger partial charge on any atom is -0.491 e. The Balaban J connectivity index is 1.72. The summed E-state index contributed by atoms with van der Waals surface area (Å²) in [6.07, 6.45) is -8.57. The Bertz CT molecular complexity index is 1380. The van der Waals surface area contributed by atoms with Gasteiger partial charge in [0, 0.05) is 18.7 Å². The fourth-order valence-corrected chi connectivity index (χ4v) is 4.57. The number of benzene rings is 2. The molecule has 0 heterocycles. The second-order valence-electron chi connectivity index (χ2n) is 10.8. The van der Waals surface area contributed by atoms with Crippen LogP contribution in [0.25, 0.3) is 0 Å². The van der Waals surface area contributed by atoms with E-state index in [2.05, 4.69) is 10.6 Å². The molecule has 0 bridgehead atoms. The predicted molar refractivity (Wildman–Crippen MR) is 153 cm³/mol. The highest BCUT2D eigenvalue weighted by molar-refractivity contribution is 7.86. The molecule has 2 N–H and O–H groups in total. The highest BCUT2D eigenvalue weighted by atomic mass is 32.2. The molecule has 0 aliphatic heterocycles. The first-order chi connectivity index (χ1) is 21.3. The van der Waals surface area contributed by atoms with E-state index < -0.39 is 70.2 Å². The van der Waals surface area contributed by atoms with Crippen LogP contribution in [0.15, 0.2) is 47.4 Å². The van der Waals surface area contributed by atoms with Gasteiger partial charge in [0.05, 0.1) is 35.8 Å². The van der Waals surface area contributed by atoms with E-state index in [4.69, 9.17) is 18.4 Å². The molecule has 2 amide bonds. The molecule has 0 aliphatic carbocycles. The van der Waals surface area contributed by atoms with Crippen LogP contribution in [-0.2, 0) is 36.1 Å². The molecular weight excluding hydrogens is 650 g/mol. The van der Waals surface area contributed by atoms with Crippen LogP contribution in [0.2, 0.25) is 0 Å². The lowest BCUT2D eigenvalue weighted by atomic mass is 10.1. The zero-order valence-electron chi connectivity index (χ0n) is 25.3. The van der Waals surface area contributed by atoms with Crippen molar-refractivity contribution in [2.45, 2.75) is 62.9 Å². The average Bonchev–Trinajstić information content (AvgIpc) is 2.94. The van der Waals surface area contributed by atoms with Crippen LogP contribution in [0, 0.1) is 0 Å². The lowest BCUT2D eigenvalue weighted by molar-refractivity contribution is -0.143. The van der Waals surface area contributed by atoms with Crippen molar-refractivity contribution in [2.75, 3.05) is 39.5 Å². The van der Waals surface area contributed by atoms with Crippen LogP contribution >= 0.6 is 0 Å². The van der Waals surface area contributed by atoms with Crippen molar-refractivity contribution in [3.05, 3.63) is 59.2 Å². The SMILES string of the molecule is CC(C)(C)OC(=O)NCCCCCNC(=O)c1cccc(S(=O)(=O)OCCOCCOc2cc(C(F)(F)F)cc(C(F)(F)F)c2)c1. The first-order valence-corrected chi connectivity index (χ1v) is 15.4. The first-order valence-electron chi connectivity index (χ1n) is 14.0. The third kappa shape index (κ3) is 14.2.